The molecule has 6 nitrogen and oxygen atoms in total. The lowest BCUT2D eigenvalue weighted by molar-refractivity contribution is 0.0526. The molecule has 148 valence electrons. The molecule has 29 heavy (non-hydrogen) atoms. The molecule has 0 atom stereocenters. The highest BCUT2D eigenvalue weighted by atomic mass is 19.2. The maximum atomic E-state index is 13.2. The minimum atomic E-state index is -1.05. The highest BCUT2D eigenvalue weighted by Gasteiger charge is 2.10. The van der Waals surface area contributed by atoms with Gasteiger partial charge in [-0.2, -0.15) is 0 Å². The number of carbonyl (C=O) groups is 2. The van der Waals surface area contributed by atoms with Gasteiger partial charge in [-0.1, -0.05) is 0 Å². The van der Waals surface area contributed by atoms with Crippen LogP contribution in [0.1, 0.15) is 27.6 Å². The number of carbonyl (C=O) groups excluding carboxylic acids is 2. The lowest BCUT2D eigenvalue weighted by Gasteiger charge is -2.08. The fourth-order valence-corrected chi connectivity index (χ4v) is 2.43. The molecule has 0 saturated carbocycles. The van der Waals surface area contributed by atoms with Gasteiger partial charge in [0.1, 0.15) is 5.82 Å². The predicted octanol–water partition coefficient (Wildman–Crippen LogP) is 4.53. The highest BCUT2D eigenvalue weighted by molar-refractivity contribution is 6.04. The Labute approximate surface area is 165 Å². The summed E-state index contributed by atoms with van der Waals surface area (Å²) in [4.78, 5) is 28.0. The molecule has 0 aliphatic heterocycles. The average molecular weight is 397 g/mol. The van der Waals surface area contributed by atoms with Crippen LogP contribution in [0.25, 0.3) is 0 Å². The van der Waals surface area contributed by atoms with Gasteiger partial charge in [0.2, 0.25) is 0 Å². The van der Waals surface area contributed by atoms with E-state index in [1.165, 1.54) is 18.3 Å². The Morgan fingerprint density at radius 2 is 1.62 bits per heavy atom. The summed E-state index contributed by atoms with van der Waals surface area (Å²) in [7, 11) is 0. The lowest BCUT2D eigenvalue weighted by atomic mass is 10.2. The van der Waals surface area contributed by atoms with E-state index in [1.807, 2.05) is 0 Å². The Morgan fingerprint density at radius 1 is 0.931 bits per heavy atom. The number of benzene rings is 2. The van der Waals surface area contributed by atoms with Crippen LogP contribution in [0.2, 0.25) is 0 Å². The molecule has 0 aliphatic rings. The first-order valence-electron chi connectivity index (χ1n) is 8.73. The number of rotatable bonds is 6. The second-order valence-electron chi connectivity index (χ2n) is 5.94. The Hall–Kier alpha value is -3.81. The fraction of sp³-hybridized carbons (Fsp3) is 0.0952. The molecule has 8 heteroatoms. The molecule has 3 aromatic rings. The van der Waals surface area contributed by atoms with Crippen LogP contribution < -0.4 is 10.6 Å². The van der Waals surface area contributed by atoms with Gasteiger partial charge in [-0.25, -0.2) is 18.6 Å². The van der Waals surface area contributed by atoms with E-state index < -0.39 is 23.5 Å². The number of pyridine rings is 1. The summed E-state index contributed by atoms with van der Waals surface area (Å²) in [5, 5.41) is 5.52. The van der Waals surface area contributed by atoms with Crippen LogP contribution >= 0.6 is 0 Å². The van der Waals surface area contributed by atoms with Crippen molar-refractivity contribution >= 4 is 29.1 Å². The first kappa shape index (κ1) is 19.9. The van der Waals surface area contributed by atoms with E-state index in [0.29, 0.717) is 23.7 Å². The summed E-state index contributed by atoms with van der Waals surface area (Å²) < 4.78 is 31.1. The number of aromatic nitrogens is 1. The zero-order valence-corrected chi connectivity index (χ0v) is 15.4. The van der Waals surface area contributed by atoms with Gasteiger partial charge in [0, 0.05) is 23.6 Å². The number of hydrogen-bond donors (Lipinski definition) is 2. The summed E-state index contributed by atoms with van der Waals surface area (Å²) in [6, 6.07) is 12.9. The number of nitrogens with one attached hydrogen (secondary N) is 2. The highest BCUT2D eigenvalue weighted by Crippen LogP contribution is 2.17. The fourth-order valence-electron chi connectivity index (χ4n) is 2.43. The van der Waals surface area contributed by atoms with Crippen LogP contribution in [0.5, 0.6) is 0 Å². The van der Waals surface area contributed by atoms with Crippen LogP contribution in [-0.2, 0) is 4.74 Å². The monoisotopic (exact) mass is 397 g/mol. The molecule has 0 fully saturated rings. The quantitative estimate of drug-likeness (QED) is 0.598. The lowest BCUT2D eigenvalue weighted by Crippen LogP contribution is -2.12. The second-order valence-corrected chi connectivity index (χ2v) is 5.94. The molecule has 0 radical (unpaired) electrons. The van der Waals surface area contributed by atoms with Gasteiger partial charge >= 0.3 is 5.97 Å². The van der Waals surface area contributed by atoms with E-state index in [-0.39, 0.29) is 11.3 Å². The summed E-state index contributed by atoms with van der Waals surface area (Å²) >= 11 is 0. The Balaban J connectivity index is 1.63. The average Bonchev–Trinajstić information content (AvgIpc) is 2.72. The van der Waals surface area contributed by atoms with Crippen molar-refractivity contribution in [2.75, 3.05) is 17.2 Å². The maximum Gasteiger partial charge on any atom is 0.338 e. The largest absolute Gasteiger partial charge is 0.462 e. The molecule has 3 rings (SSSR count). The zero-order chi connectivity index (χ0) is 20.8. The molecule has 0 bridgehead atoms. The molecule has 0 saturated heterocycles. The minimum absolute atomic E-state index is 0.137. The normalized spacial score (nSPS) is 10.3. The number of anilines is 3. The number of esters is 1. The number of nitrogens with zero attached hydrogens (tertiary/aromatic N) is 1. The number of amides is 1. The van der Waals surface area contributed by atoms with E-state index in [9.17, 15) is 18.4 Å². The summed E-state index contributed by atoms with van der Waals surface area (Å²) in [5.74, 6) is -2.45. The third-order valence-corrected chi connectivity index (χ3v) is 3.87. The van der Waals surface area contributed by atoms with Crippen LogP contribution in [-0.4, -0.2) is 23.5 Å². The first-order chi connectivity index (χ1) is 14.0. The number of hydrogen-bond acceptors (Lipinski definition) is 5. The summed E-state index contributed by atoms with van der Waals surface area (Å²) in [6.45, 7) is 2.04. The molecule has 0 aliphatic carbocycles. The maximum absolute atomic E-state index is 13.2. The molecule has 1 amide bonds. The Bertz CT molecular complexity index is 1020. The smallest absolute Gasteiger partial charge is 0.338 e. The first-order valence-corrected chi connectivity index (χ1v) is 8.73. The predicted molar refractivity (Wildman–Crippen MR) is 104 cm³/mol. The van der Waals surface area contributed by atoms with E-state index in [0.717, 1.165) is 12.1 Å². The van der Waals surface area contributed by atoms with Crippen molar-refractivity contribution in [2.45, 2.75) is 6.92 Å². The van der Waals surface area contributed by atoms with Crippen molar-refractivity contribution < 1.29 is 23.1 Å². The van der Waals surface area contributed by atoms with Gasteiger partial charge in [-0.05, 0) is 55.5 Å². The number of halogens is 2. The van der Waals surface area contributed by atoms with Crippen molar-refractivity contribution in [3.05, 3.63) is 83.6 Å². The van der Waals surface area contributed by atoms with Gasteiger partial charge in [0.05, 0.1) is 17.7 Å². The molecular formula is C21H17F2N3O3. The van der Waals surface area contributed by atoms with Crippen LogP contribution in [0, 0.1) is 11.6 Å². The van der Waals surface area contributed by atoms with Crippen LogP contribution in [0.15, 0.2) is 60.8 Å². The molecular weight excluding hydrogens is 380 g/mol. The van der Waals surface area contributed by atoms with Gasteiger partial charge in [-0.3, -0.25) is 4.79 Å². The Morgan fingerprint density at radius 3 is 2.24 bits per heavy atom. The van der Waals surface area contributed by atoms with E-state index in [4.69, 9.17) is 4.74 Å². The van der Waals surface area contributed by atoms with Crippen molar-refractivity contribution in [1.29, 1.82) is 0 Å². The van der Waals surface area contributed by atoms with Crippen molar-refractivity contribution in [3.8, 4) is 0 Å². The van der Waals surface area contributed by atoms with Gasteiger partial charge < -0.3 is 15.4 Å². The second kappa shape index (κ2) is 8.92. The minimum Gasteiger partial charge on any atom is -0.462 e. The molecule has 1 heterocycles. The molecule has 1 aromatic heterocycles. The molecule has 0 unspecified atom stereocenters. The van der Waals surface area contributed by atoms with Crippen molar-refractivity contribution in [3.63, 3.8) is 0 Å². The standard InChI is InChI=1S/C21H17F2N3O3/c1-2-29-21(28)13-3-6-15(7-4-13)25-19-10-5-14(12-24-19)20(27)26-16-8-9-17(22)18(23)11-16/h3-12H,2H2,1H3,(H,24,25)(H,26,27). The third-order valence-electron chi connectivity index (χ3n) is 3.87. The van der Waals surface area contributed by atoms with Gasteiger partial charge in [0.25, 0.3) is 5.91 Å². The SMILES string of the molecule is CCOC(=O)c1ccc(Nc2ccc(C(=O)Nc3ccc(F)c(F)c3)cn2)cc1. The Kier molecular flexibility index (Phi) is 6.13. The van der Waals surface area contributed by atoms with Crippen molar-refractivity contribution in [2.24, 2.45) is 0 Å². The van der Waals surface area contributed by atoms with Gasteiger partial charge in [0.15, 0.2) is 11.6 Å². The summed E-state index contributed by atoms with van der Waals surface area (Å²) in [5.41, 5.74) is 1.52. The summed E-state index contributed by atoms with van der Waals surface area (Å²) in [6.07, 6.45) is 1.35. The molecule has 0 spiro atoms. The van der Waals surface area contributed by atoms with Crippen LogP contribution in [0.4, 0.5) is 26.0 Å². The topological polar surface area (TPSA) is 80.3 Å². The van der Waals surface area contributed by atoms with E-state index in [2.05, 4.69) is 15.6 Å². The zero-order valence-electron chi connectivity index (χ0n) is 15.4. The van der Waals surface area contributed by atoms with E-state index >= 15 is 0 Å². The van der Waals surface area contributed by atoms with Gasteiger partial charge in [-0.15, -0.1) is 0 Å². The van der Waals surface area contributed by atoms with Crippen molar-refractivity contribution in [1.82, 2.24) is 4.98 Å². The number of ether oxygens (including phenoxy) is 1. The van der Waals surface area contributed by atoms with Crippen LogP contribution in [0.3, 0.4) is 0 Å². The molecule has 2 N–H and O–H groups in total. The third kappa shape index (κ3) is 5.13. The molecule has 2 aromatic carbocycles. The van der Waals surface area contributed by atoms with E-state index in [1.54, 1.807) is 37.3 Å².